The van der Waals surface area contributed by atoms with Gasteiger partial charge < -0.3 is 24.8 Å². The number of fused-ring (bicyclic) bond motifs is 2. The lowest BCUT2D eigenvalue weighted by Gasteiger charge is -2.38. The van der Waals surface area contributed by atoms with Gasteiger partial charge in [0.25, 0.3) is 5.91 Å². The lowest BCUT2D eigenvalue weighted by molar-refractivity contribution is -0.146. The number of nitrogens with one attached hydrogen (secondary N) is 1. The van der Waals surface area contributed by atoms with E-state index in [1.165, 1.54) is 6.92 Å². The molecule has 2 aliphatic rings. The first-order valence-corrected chi connectivity index (χ1v) is 13.8. The Morgan fingerprint density at radius 3 is 2.42 bits per heavy atom. The number of nitrogens with zero attached hydrogens (tertiary/aromatic N) is 1. The Kier molecular flexibility index (Phi) is 7.46. The summed E-state index contributed by atoms with van der Waals surface area (Å²) in [7, 11) is 1.65. The summed E-state index contributed by atoms with van der Waals surface area (Å²) in [5, 5.41) is 13.0. The van der Waals surface area contributed by atoms with Gasteiger partial charge in [0.05, 0.1) is 25.4 Å². The van der Waals surface area contributed by atoms with Crippen molar-refractivity contribution in [1.82, 2.24) is 0 Å². The maximum absolute atomic E-state index is 14.6. The minimum Gasteiger partial charge on any atom is -0.497 e. The highest BCUT2D eigenvalue weighted by molar-refractivity contribution is 6.08. The van der Waals surface area contributed by atoms with Crippen LogP contribution in [0.5, 0.6) is 5.75 Å². The van der Waals surface area contributed by atoms with Crippen molar-refractivity contribution in [3.05, 3.63) is 89.5 Å². The van der Waals surface area contributed by atoms with E-state index in [1.807, 2.05) is 60.7 Å². The number of carbonyl (C=O) groups excluding carboxylic acids is 2. The first-order chi connectivity index (χ1) is 19.1. The first kappa shape index (κ1) is 27.9. The maximum atomic E-state index is 14.6. The van der Waals surface area contributed by atoms with E-state index in [0.29, 0.717) is 18.7 Å². The molecule has 0 bridgehead atoms. The topological polar surface area (TPSA) is 88.1 Å². The van der Waals surface area contributed by atoms with Gasteiger partial charge in [-0.1, -0.05) is 63.2 Å². The highest BCUT2D eigenvalue weighted by Gasteiger charge is 2.65. The number of hydrogen-bond acceptors (Lipinski definition) is 5. The molecule has 2 N–H and O–H groups in total. The standard InChI is InChI=1S/C33H38N2O5/c1-21-30(32(3,4)24-11-14-26(39-5)15-12-24)29(17-18-36)40-33(21)27-19-25(34-22(2)37)13-16-28(27)35(31(33)38)20-23-9-7-6-8-10-23/h6-16,19,21,29-30,36H,17-18,20H2,1-5H3,(H,34,37)/t21-,29+,30-,33+/m0/s1. The summed E-state index contributed by atoms with van der Waals surface area (Å²) in [5.41, 5.74) is 2.62. The number of hydrogen-bond donors (Lipinski definition) is 2. The number of methoxy groups -OCH3 is 1. The van der Waals surface area contributed by atoms with Crippen LogP contribution in [0.1, 0.15) is 50.8 Å². The zero-order valence-electron chi connectivity index (χ0n) is 23.8. The third kappa shape index (κ3) is 4.57. The van der Waals surface area contributed by atoms with Gasteiger partial charge in [0.1, 0.15) is 5.75 Å². The molecule has 2 amide bonds. The highest BCUT2D eigenvalue weighted by atomic mass is 16.5. The second-order valence-corrected chi connectivity index (χ2v) is 11.5. The van der Waals surface area contributed by atoms with E-state index in [0.717, 1.165) is 28.1 Å². The molecule has 7 heteroatoms. The summed E-state index contributed by atoms with van der Waals surface area (Å²) < 4.78 is 12.3. The van der Waals surface area contributed by atoms with E-state index in [9.17, 15) is 14.7 Å². The molecular weight excluding hydrogens is 504 g/mol. The number of rotatable bonds is 8. The third-order valence-corrected chi connectivity index (χ3v) is 8.75. The minimum absolute atomic E-state index is 0.0522. The zero-order chi connectivity index (χ0) is 28.7. The average Bonchev–Trinajstić information content (AvgIpc) is 3.36. The van der Waals surface area contributed by atoms with Gasteiger partial charge in [-0.15, -0.1) is 0 Å². The molecule has 4 atom stereocenters. The predicted octanol–water partition coefficient (Wildman–Crippen LogP) is 5.41. The van der Waals surface area contributed by atoms with Gasteiger partial charge in [0.2, 0.25) is 5.91 Å². The zero-order valence-corrected chi connectivity index (χ0v) is 23.8. The van der Waals surface area contributed by atoms with Crippen LogP contribution in [-0.4, -0.2) is 36.7 Å². The van der Waals surface area contributed by atoms with Crippen LogP contribution in [0.25, 0.3) is 0 Å². The van der Waals surface area contributed by atoms with Gasteiger partial charge >= 0.3 is 0 Å². The Balaban J connectivity index is 1.63. The summed E-state index contributed by atoms with van der Waals surface area (Å²) in [6, 6.07) is 23.5. The molecule has 3 aromatic carbocycles. The van der Waals surface area contributed by atoms with E-state index >= 15 is 0 Å². The molecule has 0 radical (unpaired) electrons. The molecule has 0 saturated carbocycles. The summed E-state index contributed by atoms with van der Waals surface area (Å²) in [6.07, 6.45) is 0.0400. The number of aliphatic hydroxyl groups excluding tert-OH is 1. The molecule has 2 heterocycles. The summed E-state index contributed by atoms with van der Waals surface area (Å²) in [5.74, 6) is 0.152. The minimum atomic E-state index is -1.26. The van der Waals surface area contributed by atoms with Crippen LogP contribution in [0.4, 0.5) is 11.4 Å². The molecule has 1 saturated heterocycles. The molecule has 0 aliphatic carbocycles. The quantitative estimate of drug-likeness (QED) is 0.398. The Morgan fingerprint density at radius 1 is 1.10 bits per heavy atom. The number of anilines is 2. The lowest BCUT2D eigenvalue weighted by Crippen LogP contribution is -2.45. The Hall–Kier alpha value is -3.68. The second-order valence-electron chi connectivity index (χ2n) is 11.5. The lowest BCUT2D eigenvalue weighted by atomic mass is 9.63. The second kappa shape index (κ2) is 10.7. The Labute approximate surface area is 236 Å². The molecule has 210 valence electrons. The van der Waals surface area contributed by atoms with Crippen molar-refractivity contribution >= 4 is 23.2 Å². The SMILES string of the molecule is COc1ccc(C(C)(C)[C@@H]2[C@@H](CCO)O[C@]3(C(=O)N(Cc4ccccc4)c4ccc(NC(C)=O)cc43)[C@H]2C)cc1. The van der Waals surface area contributed by atoms with Crippen molar-refractivity contribution in [2.24, 2.45) is 11.8 Å². The van der Waals surface area contributed by atoms with E-state index in [1.54, 1.807) is 12.0 Å². The molecule has 1 spiro atoms. The van der Waals surface area contributed by atoms with Crippen molar-refractivity contribution in [2.75, 3.05) is 23.9 Å². The van der Waals surface area contributed by atoms with Gasteiger partial charge in [-0.25, -0.2) is 0 Å². The maximum Gasteiger partial charge on any atom is 0.264 e. The van der Waals surface area contributed by atoms with E-state index in [2.05, 4.69) is 38.2 Å². The van der Waals surface area contributed by atoms with Crippen molar-refractivity contribution < 1.29 is 24.2 Å². The Morgan fingerprint density at radius 2 is 1.80 bits per heavy atom. The summed E-state index contributed by atoms with van der Waals surface area (Å²) in [4.78, 5) is 28.3. The van der Waals surface area contributed by atoms with Crippen LogP contribution in [-0.2, 0) is 31.9 Å². The normalized spacial score (nSPS) is 23.9. The molecule has 3 aromatic rings. The van der Waals surface area contributed by atoms with Crippen LogP contribution in [0.3, 0.4) is 0 Å². The molecule has 7 nitrogen and oxygen atoms in total. The molecule has 40 heavy (non-hydrogen) atoms. The van der Waals surface area contributed by atoms with Crippen molar-refractivity contribution in [1.29, 1.82) is 0 Å². The number of ether oxygens (including phenoxy) is 2. The number of carbonyl (C=O) groups is 2. The molecule has 5 rings (SSSR count). The van der Waals surface area contributed by atoms with E-state index < -0.39 is 11.0 Å². The van der Waals surface area contributed by atoms with Gasteiger partial charge in [0.15, 0.2) is 5.60 Å². The molecular formula is C33H38N2O5. The van der Waals surface area contributed by atoms with Crippen molar-refractivity contribution in [3.63, 3.8) is 0 Å². The molecule has 1 fully saturated rings. The third-order valence-electron chi connectivity index (χ3n) is 8.75. The number of benzene rings is 3. The summed E-state index contributed by atoms with van der Waals surface area (Å²) in [6.45, 7) is 8.27. The molecule has 0 aromatic heterocycles. The fraction of sp³-hybridized carbons (Fsp3) is 0.394. The highest BCUT2D eigenvalue weighted by Crippen LogP contribution is 2.60. The van der Waals surface area contributed by atoms with E-state index in [-0.39, 0.29) is 36.4 Å². The summed E-state index contributed by atoms with van der Waals surface area (Å²) >= 11 is 0. The van der Waals surface area contributed by atoms with Crippen LogP contribution < -0.4 is 15.0 Å². The largest absolute Gasteiger partial charge is 0.497 e. The van der Waals surface area contributed by atoms with Crippen LogP contribution >= 0.6 is 0 Å². The molecule has 0 unspecified atom stereocenters. The van der Waals surface area contributed by atoms with Crippen LogP contribution in [0.15, 0.2) is 72.8 Å². The van der Waals surface area contributed by atoms with Crippen LogP contribution in [0, 0.1) is 11.8 Å². The van der Waals surface area contributed by atoms with Crippen LogP contribution in [0.2, 0.25) is 0 Å². The fourth-order valence-electron chi connectivity index (χ4n) is 6.91. The first-order valence-electron chi connectivity index (χ1n) is 13.8. The van der Waals surface area contributed by atoms with Gasteiger partial charge in [0, 0.05) is 36.6 Å². The number of aliphatic hydroxyl groups is 1. The fourth-order valence-corrected chi connectivity index (χ4v) is 6.91. The van der Waals surface area contributed by atoms with Gasteiger partial charge in [-0.2, -0.15) is 0 Å². The monoisotopic (exact) mass is 542 g/mol. The predicted molar refractivity (Wildman–Crippen MR) is 155 cm³/mol. The van der Waals surface area contributed by atoms with E-state index in [4.69, 9.17) is 9.47 Å². The van der Waals surface area contributed by atoms with Gasteiger partial charge in [-0.05, 0) is 53.3 Å². The smallest absolute Gasteiger partial charge is 0.264 e. The Bertz CT molecular complexity index is 1390. The van der Waals surface area contributed by atoms with Crippen molar-refractivity contribution in [2.45, 2.75) is 57.8 Å². The number of amides is 2. The van der Waals surface area contributed by atoms with Crippen molar-refractivity contribution in [3.8, 4) is 5.75 Å². The average molecular weight is 543 g/mol. The van der Waals surface area contributed by atoms with Gasteiger partial charge in [-0.3, -0.25) is 9.59 Å². The molecule has 2 aliphatic heterocycles.